The van der Waals surface area contributed by atoms with E-state index in [0.717, 1.165) is 28.5 Å². The maximum Gasteiger partial charge on any atom is 0.225 e. The van der Waals surface area contributed by atoms with Gasteiger partial charge < -0.3 is 5.32 Å². The number of carbonyl (C=O) groups excluding carboxylic acids is 1. The Kier molecular flexibility index (Phi) is 6.36. The Hall–Kier alpha value is -3.46. The molecule has 0 saturated heterocycles. The second-order valence-electron chi connectivity index (χ2n) is 7.58. The minimum atomic E-state index is -0.0680. The smallest absolute Gasteiger partial charge is 0.225 e. The Morgan fingerprint density at radius 2 is 1.75 bits per heavy atom. The molecule has 32 heavy (non-hydrogen) atoms. The van der Waals surface area contributed by atoms with Gasteiger partial charge in [-0.05, 0) is 73.5 Å². The lowest BCUT2D eigenvalue weighted by Gasteiger charge is -2.08. The molecule has 2 aromatic heterocycles. The minimum absolute atomic E-state index is 0.0680. The molecule has 1 N–H and O–H groups in total. The summed E-state index contributed by atoms with van der Waals surface area (Å²) >= 11 is 1.45. The van der Waals surface area contributed by atoms with Gasteiger partial charge in [0.15, 0.2) is 0 Å². The number of para-hydroxylation sites is 1. The second-order valence-corrected chi connectivity index (χ2v) is 8.64. The lowest BCUT2D eigenvalue weighted by Crippen LogP contribution is -2.13. The number of nitrogens with one attached hydrogen (secondary N) is 1. The van der Waals surface area contributed by atoms with Crippen molar-refractivity contribution in [2.45, 2.75) is 39.3 Å². The molecule has 0 unspecified atom stereocenters. The van der Waals surface area contributed by atoms with E-state index >= 15 is 0 Å². The minimum Gasteiger partial charge on any atom is -0.323 e. The monoisotopic (exact) mass is 447 g/mol. The van der Waals surface area contributed by atoms with Gasteiger partial charge in [0, 0.05) is 12.2 Å². The number of aromatic nitrogens is 6. The predicted octanol–water partition coefficient (Wildman–Crippen LogP) is 4.20. The van der Waals surface area contributed by atoms with Crippen LogP contribution in [-0.4, -0.2) is 41.6 Å². The first-order valence-electron chi connectivity index (χ1n) is 10.3. The number of thioether (sulfide) groups is 1. The SMILES string of the molecule is Cc1ccc(-n2nnnc2SCCC(=O)Nc2c(C)nn(-c3ccccc3)c2C)cc1C. The Morgan fingerprint density at radius 3 is 2.50 bits per heavy atom. The van der Waals surface area contributed by atoms with E-state index in [1.165, 1.54) is 22.9 Å². The fraction of sp³-hybridized carbons (Fsp3) is 0.261. The summed E-state index contributed by atoms with van der Waals surface area (Å²) in [7, 11) is 0. The van der Waals surface area contributed by atoms with Crippen LogP contribution in [0.4, 0.5) is 5.69 Å². The highest BCUT2D eigenvalue weighted by Gasteiger charge is 2.16. The van der Waals surface area contributed by atoms with Gasteiger partial charge in [-0.2, -0.15) is 9.78 Å². The first-order chi connectivity index (χ1) is 15.4. The lowest BCUT2D eigenvalue weighted by atomic mass is 10.1. The summed E-state index contributed by atoms with van der Waals surface area (Å²) in [6, 6.07) is 16.0. The van der Waals surface area contributed by atoms with Crippen LogP contribution in [0.1, 0.15) is 28.9 Å². The molecule has 1 amide bonds. The van der Waals surface area contributed by atoms with Crippen molar-refractivity contribution in [3.63, 3.8) is 0 Å². The Labute approximate surface area is 191 Å². The Morgan fingerprint density at radius 1 is 0.969 bits per heavy atom. The number of anilines is 1. The molecular weight excluding hydrogens is 422 g/mol. The molecule has 8 nitrogen and oxygen atoms in total. The van der Waals surface area contributed by atoms with Crippen LogP contribution in [0.15, 0.2) is 53.7 Å². The second kappa shape index (κ2) is 9.35. The molecule has 0 radical (unpaired) electrons. The Bertz CT molecular complexity index is 1250. The fourth-order valence-electron chi connectivity index (χ4n) is 3.37. The zero-order chi connectivity index (χ0) is 22.7. The summed E-state index contributed by atoms with van der Waals surface area (Å²) in [5, 5.41) is 20.3. The van der Waals surface area contributed by atoms with E-state index < -0.39 is 0 Å². The number of aryl methyl sites for hydroxylation is 3. The van der Waals surface area contributed by atoms with Crippen molar-refractivity contribution >= 4 is 23.4 Å². The van der Waals surface area contributed by atoms with Crippen molar-refractivity contribution in [3.05, 3.63) is 71.0 Å². The van der Waals surface area contributed by atoms with E-state index in [1.54, 1.807) is 4.68 Å². The van der Waals surface area contributed by atoms with Crippen LogP contribution in [0.2, 0.25) is 0 Å². The summed E-state index contributed by atoms with van der Waals surface area (Å²) in [4.78, 5) is 12.6. The van der Waals surface area contributed by atoms with Crippen LogP contribution in [0.3, 0.4) is 0 Å². The van der Waals surface area contributed by atoms with E-state index in [4.69, 9.17) is 0 Å². The average molecular weight is 448 g/mol. The molecular formula is C23H25N7OS. The van der Waals surface area contributed by atoms with Gasteiger partial charge in [-0.1, -0.05) is 36.0 Å². The van der Waals surface area contributed by atoms with Crippen LogP contribution in [-0.2, 0) is 4.79 Å². The van der Waals surface area contributed by atoms with E-state index in [-0.39, 0.29) is 5.91 Å². The van der Waals surface area contributed by atoms with Gasteiger partial charge in [0.05, 0.1) is 28.5 Å². The maximum absolute atomic E-state index is 12.6. The number of tetrazole rings is 1. The van der Waals surface area contributed by atoms with Gasteiger partial charge in [0.1, 0.15) is 0 Å². The largest absolute Gasteiger partial charge is 0.323 e. The average Bonchev–Trinajstić information content (AvgIpc) is 3.36. The topological polar surface area (TPSA) is 90.5 Å². The molecule has 9 heteroatoms. The van der Waals surface area contributed by atoms with E-state index in [9.17, 15) is 4.79 Å². The number of carbonyl (C=O) groups is 1. The zero-order valence-electron chi connectivity index (χ0n) is 18.5. The number of amides is 1. The summed E-state index contributed by atoms with van der Waals surface area (Å²) in [5.74, 6) is 0.489. The Balaban J connectivity index is 1.39. The van der Waals surface area contributed by atoms with Gasteiger partial charge >= 0.3 is 0 Å². The van der Waals surface area contributed by atoms with Gasteiger partial charge in [0.25, 0.3) is 0 Å². The molecule has 0 aliphatic heterocycles. The molecule has 0 bridgehead atoms. The number of rotatable bonds is 7. The summed E-state index contributed by atoms with van der Waals surface area (Å²) < 4.78 is 3.55. The molecule has 0 aliphatic carbocycles. The fourth-order valence-corrected chi connectivity index (χ4v) is 4.20. The summed E-state index contributed by atoms with van der Waals surface area (Å²) in [6.45, 7) is 7.98. The normalized spacial score (nSPS) is 11.0. The molecule has 4 rings (SSSR count). The van der Waals surface area contributed by atoms with Crippen molar-refractivity contribution in [2.24, 2.45) is 0 Å². The molecule has 2 aromatic carbocycles. The number of hydrogen-bond acceptors (Lipinski definition) is 6. The zero-order valence-corrected chi connectivity index (χ0v) is 19.3. The summed E-state index contributed by atoms with van der Waals surface area (Å²) in [5.41, 5.74) is 6.69. The van der Waals surface area contributed by atoms with Crippen molar-refractivity contribution in [1.29, 1.82) is 0 Å². The first-order valence-corrected chi connectivity index (χ1v) is 11.3. The number of hydrogen-bond donors (Lipinski definition) is 1. The maximum atomic E-state index is 12.6. The van der Waals surface area contributed by atoms with Gasteiger partial charge in [-0.15, -0.1) is 5.10 Å². The quantitative estimate of drug-likeness (QED) is 0.427. The summed E-state index contributed by atoms with van der Waals surface area (Å²) in [6.07, 6.45) is 0.333. The lowest BCUT2D eigenvalue weighted by molar-refractivity contribution is -0.115. The molecule has 2 heterocycles. The molecule has 0 fully saturated rings. The first kappa shape index (κ1) is 21.8. The molecule has 4 aromatic rings. The molecule has 0 saturated carbocycles. The number of nitrogens with zero attached hydrogens (tertiary/aromatic N) is 6. The van der Waals surface area contributed by atoms with E-state index in [1.807, 2.05) is 54.9 Å². The highest BCUT2D eigenvalue weighted by atomic mass is 32.2. The van der Waals surface area contributed by atoms with Crippen LogP contribution in [0.5, 0.6) is 0 Å². The van der Waals surface area contributed by atoms with Gasteiger partial charge in [0.2, 0.25) is 11.1 Å². The predicted molar refractivity (Wildman–Crippen MR) is 126 cm³/mol. The highest BCUT2D eigenvalue weighted by Crippen LogP contribution is 2.24. The van der Waals surface area contributed by atoms with Crippen LogP contribution in [0.25, 0.3) is 11.4 Å². The van der Waals surface area contributed by atoms with Crippen LogP contribution >= 0.6 is 11.8 Å². The van der Waals surface area contributed by atoms with Gasteiger partial charge in [-0.3, -0.25) is 4.79 Å². The van der Waals surface area contributed by atoms with Crippen molar-refractivity contribution in [1.82, 2.24) is 30.0 Å². The van der Waals surface area contributed by atoms with Crippen LogP contribution < -0.4 is 5.32 Å². The molecule has 164 valence electrons. The van der Waals surface area contributed by atoms with Crippen molar-refractivity contribution in [3.8, 4) is 11.4 Å². The van der Waals surface area contributed by atoms with Crippen molar-refractivity contribution < 1.29 is 4.79 Å². The number of benzene rings is 2. The van der Waals surface area contributed by atoms with E-state index in [2.05, 4.69) is 51.9 Å². The third-order valence-corrected chi connectivity index (χ3v) is 6.21. The third kappa shape index (κ3) is 4.57. The molecule has 0 atom stereocenters. The third-order valence-electron chi connectivity index (χ3n) is 5.29. The molecule has 0 spiro atoms. The van der Waals surface area contributed by atoms with E-state index in [0.29, 0.717) is 17.3 Å². The van der Waals surface area contributed by atoms with Gasteiger partial charge in [-0.25, -0.2) is 4.68 Å². The van der Waals surface area contributed by atoms with Crippen LogP contribution in [0, 0.1) is 27.7 Å². The highest BCUT2D eigenvalue weighted by molar-refractivity contribution is 7.99. The standard InChI is InChI=1S/C23H25N7OS/c1-15-10-11-20(14-16(15)2)30-23(25-27-28-30)32-13-12-21(31)24-22-17(3)26-29(18(22)4)19-8-6-5-7-9-19/h5-11,14H,12-13H2,1-4H3,(H,24,31). The van der Waals surface area contributed by atoms with Crippen molar-refractivity contribution in [2.75, 3.05) is 11.1 Å². The molecule has 0 aliphatic rings.